The van der Waals surface area contributed by atoms with Crippen molar-refractivity contribution in [3.8, 4) is 39.9 Å². The summed E-state index contributed by atoms with van der Waals surface area (Å²) in [6, 6.07) is 81.6. The average molecular weight is 2120 g/mol. The molecule has 38 heteroatoms. The number of rotatable bonds is 33. The van der Waals surface area contributed by atoms with E-state index in [1.807, 2.05) is 68.4 Å². The van der Waals surface area contributed by atoms with E-state index < -0.39 is 56.1 Å². The van der Waals surface area contributed by atoms with E-state index in [2.05, 4.69) is 23.6 Å². The van der Waals surface area contributed by atoms with Crippen LogP contribution in [0.4, 0.5) is 32.8 Å². The number of phenols is 5. The van der Waals surface area contributed by atoms with Crippen molar-refractivity contribution < 1.29 is 96.3 Å². The number of thioether (sulfide) groups is 5. The zero-order valence-corrected chi connectivity index (χ0v) is 85.2. The zero-order chi connectivity index (χ0) is 101. The van der Waals surface area contributed by atoms with Crippen LogP contribution in [0.3, 0.4) is 0 Å². The Morgan fingerprint density at radius 3 is 1.08 bits per heavy atom. The Labute approximate surface area is 840 Å². The number of carboxylic acids is 1. The van der Waals surface area contributed by atoms with E-state index in [-0.39, 0.29) is 99.5 Å². The molecule has 0 aliphatic rings. The van der Waals surface area contributed by atoms with Crippen LogP contribution in [0.15, 0.2) is 335 Å². The van der Waals surface area contributed by atoms with Gasteiger partial charge in [-0.15, -0.1) is 70.1 Å². The van der Waals surface area contributed by atoms with Crippen LogP contribution < -0.4 is 23.6 Å². The van der Waals surface area contributed by atoms with Crippen LogP contribution in [-0.2, 0) is 80.8 Å². The van der Waals surface area contributed by atoms with Crippen molar-refractivity contribution in [2.45, 2.75) is 96.9 Å². The first-order chi connectivity index (χ1) is 66.5. The minimum atomic E-state index is -3.93. The molecule has 0 fully saturated rings. The van der Waals surface area contributed by atoms with Gasteiger partial charge in [-0.1, -0.05) is 232 Å². The molecule has 0 amide bonds. The molecule has 1 heterocycles. The molecule has 15 aromatic carbocycles. The van der Waals surface area contributed by atoms with Gasteiger partial charge in [-0.2, -0.15) is 0 Å². The van der Waals surface area contributed by atoms with E-state index in [0.717, 1.165) is 51.6 Å². The van der Waals surface area contributed by atoms with Crippen LogP contribution in [0, 0.1) is 5.82 Å². The number of nitrogens with one attached hydrogen (secondary N) is 5. The molecule has 25 nitrogen and oxygen atoms in total. The Balaban J connectivity index is 0.000000158. The Morgan fingerprint density at radius 2 is 0.714 bits per heavy atom. The fourth-order valence-electron chi connectivity index (χ4n) is 13.9. The molecule has 0 aliphatic carbocycles. The number of sulfonamides is 5. The predicted octanol–water partition coefficient (Wildman–Crippen LogP) is 24.0. The van der Waals surface area contributed by atoms with Crippen LogP contribution in [0.1, 0.15) is 63.6 Å². The fourth-order valence-corrected chi connectivity index (χ4v) is 24.4. The number of ketones is 3. The second kappa shape index (κ2) is 47.6. The number of benzene rings is 15. The third kappa shape index (κ3) is 28.9. The lowest BCUT2D eigenvalue weighted by Gasteiger charge is -2.15. The molecule has 16 aromatic rings. The van der Waals surface area contributed by atoms with E-state index in [1.54, 1.807) is 212 Å². The molecule has 0 atom stereocenters. The first kappa shape index (κ1) is 106. The highest BCUT2D eigenvalue weighted by molar-refractivity contribution is 8.01. The monoisotopic (exact) mass is 2110 g/mol. The van der Waals surface area contributed by atoms with Crippen molar-refractivity contribution >= 4 is 237 Å². The van der Waals surface area contributed by atoms with Crippen molar-refractivity contribution in [1.82, 2.24) is 0 Å². The predicted molar refractivity (Wildman–Crippen MR) is 567 cm³/mol. The molecule has 16 rings (SSSR count). The Hall–Kier alpha value is -12.5. The van der Waals surface area contributed by atoms with Crippen LogP contribution in [0.25, 0.3) is 65.0 Å². The van der Waals surface area contributed by atoms with Crippen molar-refractivity contribution in [1.29, 1.82) is 0 Å². The molecule has 0 radical (unpaired) electrons. The third-order valence-electron chi connectivity index (χ3n) is 20.6. The quantitative estimate of drug-likeness (QED) is 0.0134. The van der Waals surface area contributed by atoms with Crippen molar-refractivity contribution in [3.05, 3.63) is 324 Å². The number of Topliss-reactive ketones (excluding diaryl/α,β-unsaturated/α-hetero) is 3. The summed E-state index contributed by atoms with van der Waals surface area (Å²) in [7, 11) is -18.6. The normalized spacial score (nSPS) is 11.6. The Morgan fingerprint density at radius 1 is 0.371 bits per heavy atom. The molecule has 140 heavy (non-hydrogen) atoms. The Bertz CT molecular complexity index is 7880. The number of phenolic OH excluding ortho intramolecular Hbond substituents is 5. The molecular weight excluding hydrogens is 2020 g/mol. The molecule has 0 saturated heterocycles. The van der Waals surface area contributed by atoms with Crippen LogP contribution >= 0.6 is 81.7 Å². The lowest BCUT2D eigenvalue weighted by Crippen LogP contribution is -2.15. The zero-order valence-electron chi connectivity index (χ0n) is 75.5. The van der Waals surface area contributed by atoms with Crippen LogP contribution in [0.5, 0.6) is 28.7 Å². The van der Waals surface area contributed by atoms with Gasteiger partial charge < -0.3 is 30.6 Å². The number of thiophene rings is 1. The number of carboxylic acid groups (broad SMARTS) is 1. The van der Waals surface area contributed by atoms with Gasteiger partial charge >= 0.3 is 5.97 Å². The minimum Gasteiger partial charge on any atom is -0.506 e. The van der Waals surface area contributed by atoms with Crippen LogP contribution in [-0.4, -0.2) is 125 Å². The Kier molecular flexibility index (Phi) is 36.2. The third-order valence-corrected chi connectivity index (χ3v) is 33.7. The van der Waals surface area contributed by atoms with E-state index >= 15 is 0 Å². The van der Waals surface area contributed by atoms with Gasteiger partial charge in [-0.3, -0.25) is 42.8 Å². The molecule has 726 valence electrons. The number of aromatic hydroxyl groups is 5. The average Bonchev–Trinajstić information content (AvgIpc) is 0.854. The second-order valence-corrected chi connectivity index (χ2v) is 47.0. The highest BCUT2D eigenvalue weighted by Gasteiger charge is 2.26. The van der Waals surface area contributed by atoms with Gasteiger partial charge in [0.05, 0.1) is 92.0 Å². The molecule has 11 N–H and O–H groups in total. The number of aliphatic carboxylic acids is 1. The lowest BCUT2D eigenvalue weighted by molar-refractivity contribution is -0.134. The van der Waals surface area contributed by atoms with Crippen LogP contribution in [0.2, 0.25) is 5.02 Å². The van der Waals surface area contributed by atoms with Gasteiger partial charge in [0.2, 0.25) is 20.0 Å². The number of carbonyl (C=O) groups excluding carboxylic acids is 3. The maximum absolute atomic E-state index is 13.2. The van der Waals surface area contributed by atoms with Gasteiger partial charge in [0.25, 0.3) is 30.1 Å². The smallest absolute Gasteiger partial charge is 0.313 e. The van der Waals surface area contributed by atoms with Gasteiger partial charge in [0, 0.05) is 76.8 Å². The molecule has 0 spiro atoms. The van der Waals surface area contributed by atoms with Crippen molar-refractivity contribution in [2.75, 3.05) is 52.9 Å². The van der Waals surface area contributed by atoms with Gasteiger partial charge in [-0.25, -0.2) is 46.5 Å². The molecule has 0 aliphatic heterocycles. The summed E-state index contributed by atoms with van der Waals surface area (Å²) in [5, 5.41) is 69.4. The maximum atomic E-state index is 13.2. The highest BCUT2D eigenvalue weighted by Crippen LogP contribution is 2.47. The summed E-state index contributed by atoms with van der Waals surface area (Å²) < 4.78 is 152. The number of fused-ring (bicyclic) bond motifs is 5. The van der Waals surface area contributed by atoms with Gasteiger partial charge in [0.15, 0.2) is 0 Å². The number of hydrogen-bond donors (Lipinski definition) is 11. The summed E-state index contributed by atoms with van der Waals surface area (Å²) in [5.41, 5.74) is 6.10. The number of halogens is 2. The summed E-state index contributed by atoms with van der Waals surface area (Å²) in [6.45, 7) is 8.52. The topological polar surface area (TPSA) is 421 Å². The lowest BCUT2D eigenvalue weighted by atomic mass is 10.0. The summed E-state index contributed by atoms with van der Waals surface area (Å²) in [5.74, 6) is 0.163. The number of hydrogen-bond acceptors (Lipinski definition) is 25. The molecule has 0 saturated carbocycles. The van der Waals surface area contributed by atoms with Gasteiger partial charge in [-0.05, 0) is 145 Å². The number of carbonyl (C=O) groups is 4. The molecule has 0 bridgehead atoms. The molecule has 1 aromatic heterocycles. The van der Waals surface area contributed by atoms with E-state index in [9.17, 15) is 91.2 Å². The standard InChI is InChI=1S/C26H22FNO4S2.C22H23NO4S2.C21H17NO3S3.C19H16ClNO5S2.C14H15NO4S2/c1-17(29)14-15-33-25-16-24(22-4-2-3-5-23(22)26(25)30)28-34(31,32)21-12-8-19(9-13-21)18-6-10-20(27)11-7-18;1-14(2)16-8-10-17(11-9-16)29(26,27)23-20-12-21(28-13-15(3)24)22(25)19-7-5-4-6-18(19)20;23-21-17-10-5-4-9-16(17)18(22-28(24,25)20-11-6-12-26-20)13-19(21)27-14-15-7-2-1-3-8-15;20-13-7-5-12(6-8-13)11-28(25,26)21-16-9-17(27-10-18(22)23)19(24)15-4-2-1-3-14(15)16;1-9(16)8-20-13-7-12(15-21(2,18)19)10-5-3-4-6-11(10)14(13)17/h2-13,16,28,30H,14-15H2,1H3;4-12,14,23,25H,13H2,1-3H3;1-13,22-23H,14H2;1-9,21,24H,10-11H2,(H,22,23);3-7,15,17H,8H2,1-2H3. The summed E-state index contributed by atoms with van der Waals surface area (Å²) in [4.78, 5) is 47.2. The SMILES string of the molecule is CC(=O)CCSc1cc(NS(=O)(=O)c2ccc(-c3ccc(F)cc3)cc2)c2ccccc2c1O.CC(=O)CSc1cc(NS(=O)(=O)c2ccc(C(C)C)cc2)c2ccccc2c1O.CC(=O)CSc1cc(NS(C)(=O)=O)c2ccccc2c1O.O=C(O)CSc1cc(NS(=O)(=O)Cc2ccc(Cl)cc2)c2ccccc2c1O.O=S(=O)(Nc1cc(SCc2ccccc2)c(O)c2ccccc12)c1cccs1. The van der Waals surface area contributed by atoms with Crippen molar-refractivity contribution in [2.24, 2.45) is 0 Å². The second-order valence-electron chi connectivity index (χ2n) is 31.7. The van der Waals surface area contributed by atoms with Gasteiger partial charge in [0.1, 0.15) is 56.1 Å². The van der Waals surface area contributed by atoms with E-state index in [0.29, 0.717) is 131 Å². The highest BCUT2D eigenvalue weighted by atomic mass is 35.5. The molecular formula is C102H93ClFN5O20S11. The summed E-state index contributed by atoms with van der Waals surface area (Å²) in [6.07, 6.45) is 1.41. The largest absolute Gasteiger partial charge is 0.506 e. The molecule has 0 unspecified atom stereocenters. The number of anilines is 5. The maximum Gasteiger partial charge on any atom is 0.313 e. The van der Waals surface area contributed by atoms with Crippen molar-refractivity contribution in [3.63, 3.8) is 0 Å². The first-order valence-corrected chi connectivity index (χ1v) is 56.6. The van der Waals surface area contributed by atoms with E-state index in [4.69, 9.17) is 16.7 Å². The van der Waals surface area contributed by atoms with E-state index in [1.165, 1.54) is 98.2 Å². The fraction of sp³-hybridized carbons (Fsp3) is 0.137. The first-order valence-electron chi connectivity index (χ1n) is 42.4. The summed E-state index contributed by atoms with van der Waals surface area (Å²) >= 11 is 13.0. The minimum absolute atomic E-state index is 0.0230.